The van der Waals surface area contributed by atoms with E-state index in [-0.39, 0.29) is 0 Å². The maximum atomic E-state index is 5.69. The van der Waals surface area contributed by atoms with Gasteiger partial charge in [-0.15, -0.1) is 0 Å². The summed E-state index contributed by atoms with van der Waals surface area (Å²) in [4.78, 5) is 2.52. The van der Waals surface area contributed by atoms with E-state index in [0.29, 0.717) is 12.1 Å². The lowest BCUT2D eigenvalue weighted by Crippen LogP contribution is -2.46. The molecule has 0 saturated carbocycles. The quantitative estimate of drug-likeness (QED) is 0.782. The van der Waals surface area contributed by atoms with Crippen molar-refractivity contribution in [1.29, 1.82) is 0 Å². The number of nitrogens with zero attached hydrogens (tertiary/aromatic N) is 1. The van der Waals surface area contributed by atoms with Crippen molar-refractivity contribution >= 4 is 0 Å². The van der Waals surface area contributed by atoms with E-state index in [9.17, 15) is 0 Å². The molecular formula is C18H30N2O. The largest absolute Gasteiger partial charge is 0.376 e. The molecule has 1 fully saturated rings. The van der Waals surface area contributed by atoms with Gasteiger partial charge in [0.2, 0.25) is 0 Å². The molecule has 118 valence electrons. The molecule has 1 aromatic carbocycles. The van der Waals surface area contributed by atoms with Crippen LogP contribution in [0.2, 0.25) is 0 Å². The van der Waals surface area contributed by atoms with Crippen LogP contribution in [0.15, 0.2) is 24.3 Å². The first-order valence-corrected chi connectivity index (χ1v) is 8.33. The number of hydrogen-bond acceptors (Lipinski definition) is 3. The van der Waals surface area contributed by atoms with Crippen LogP contribution in [0.5, 0.6) is 0 Å². The molecular weight excluding hydrogens is 260 g/mol. The molecule has 0 radical (unpaired) electrons. The second kappa shape index (κ2) is 8.52. The second-order valence-electron chi connectivity index (χ2n) is 6.24. The number of rotatable bonds is 7. The van der Waals surface area contributed by atoms with Crippen molar-refractivity contribution in [2.24, 2.45) is 0 Å². The molecule has 1 N–H and O–H groups in total. The summed E-state index contributed by atoms with van der Waals surface area (Å²) in [5, 5.41) is 3.45. The van der Waals surface area contributed by atoms with Crippen LogP contribution in [0.4, 0.5) is 0 Å². The Morgan fingerprint density at radius 1 is 1.14 bits per heavy atom. The average molecular weight is 290 g/mol. The van der Waals surface area contributed by atoms with E-state index < -0.39 is 0 Å². The van der Waals surface area contributed by atoms with Crippen molar-refractivity contribution in [3.63, 3.8) is 0 Å². The summed E-state index contributed by atoms with van der Waals surface area (Å²) in [6, 6.07) is 9.62. The summed E-state index contributed by atoms with van der Waals surface area (Å²) in [7, 11) is 0. The predicted octanol–water partition coefficient (Wildman–Crippen LogP) is 2.84. The van der Waals surface area contributed by atoms with Gasteiger partial charge in [0.1, 0.15) is 0 Å². The number of nitrogens with one attached hydrogen (secondary N) is 1. The van der Waals surface area contributed by atoms with Gasteiger partial charge in [0, 0.05) is 19.1 Å². The lowest BCUT2D eigenvalue weighted by molar-refractivity contribution is -0.0526. The van der Waals surface area contributed by atoms with E-state index in [4.69, 9.17) is 4.74 Å². The Balaban J connectivity index is 1.81. The molecule has 2 atom stereocenters. The first kappa shape index (κ1) is 16.5. The zero-order chi connectivity index (χ0) is 15.1. The number of benzene rings is 1. The van der Waals surface area contributed by atoms with Crippen LogP contribution in [-0.2, 0) is 17.7 Å². The topological polar surface area (TPSA) is 24.5 Å². The molecule has 2 rings (SSSR count). The summed E-state index contributed by atoms with van der Waals surface area (Å²) in [6.07, 6.45) is 2.67. The van der Waals surface area contributed by atoms with Gasteiger partial charge in [-0.1, -0.05) is 31.2 Å². The Kier molecular flexibility index (Phi) is 6.68. The Hall–Kier alpha value is -0.900. The third-order valence-electron chi connectivity index (χ3n) is 4.16. The van der Waals surface area contributed by atoms with Gasteiger partial charge in [-0.2, -0.15) is 0 Å². The first-order valence-electron chi connectivity index (χ1n) is 8.33. The fourth-order valence-corrected chi connectivity index (χ4v) is 2.77. The Bertz CT molecular complexity index is 404. The molecule has 1 aliphatic heterocycles. The Morgan fingerprint density at radius 2 is 1.86 bits per heavy atom. The highest BCUT2D eigenvalue weighted by atomic mass is 16.5. The molecule has 2 unspecified atom stereocenters. The van der Waals surface area contributed by atoms with Gasteiger partial charge in [-0.3, -0.25) is 4.90 Å². The van der Waals surface area contributed by atoms with Gasteiger partial charge in [0.15, 0.2) is 0 Å². The molecule has 0 amide bonds. The monoisotopic (exact) mass is 290 g/mol. The van der Waals surface area contributed by atoms with E-state index in [1.165, 1.54) is 17.5 Å². The molecule has 0 aliphatic carbocycles. The molecule has 3 heteroatoms. The zero-order valence-electron chi connectivity index (χ0n) is 13.8. The minimum absolute atomic E-state index is 0.352. The second-order valence-corrected chi connectivity index (χ2v) is 6.24. The van der Waals surface area contributed by atoms with E-state index in [2.05, 4.69) is 55.3 Å². The van der Waals surface area contributed by atoms with Crippen LogP contribution in [0.1, 0.15) is 38.3 Å². The predicted molar refractivity (Wildman–Crippen MR) is 88.6 cm³/mol. The lowest BCUT2D eigenvalue weighted by atomic mass is 10.1. The standard InChI is InChI=1S/C18H30N2O/c1-4-10-19-11-9-17-5-7-18(8-6-17)13-20-12-16(3)21-14-15(20)2/h5-8,15-16,19H,4,9-14H2,1-3H3. The number of hydrogen-bond donors (Lipinski definition) is 1. The van der Waals surface area contributed by atoms with Gasteiger partial charge in [0.05, 0.1) is 12.7 Å². The first-order chi connectivity index (χ1) is 10.2. The molecule has 1 heterocycles. The molecule has 21 heavy (non-hydrogen) atoms. The average Bonchev–Trinajstić information content (AvgIpc) is 2.49. The number of morpholine rings is 1. The van der Waals surface area contributed by atoms with E-state index >= 15 is 0 Å². The van der Waals surface area contributed by atoms with Crippen LogP contribution >= 0.6 is 0 Å². The van der Waals surface area contributed by atoms with Crippen molar-refractivity contribution < 1.29 is 4.74 Å². The maximum Gasteiger partial charge on any atom is 0.0674 e. The smallest absolute Gasteiger partial charge is 0.0674 e. The van der Waals surface area contributed by atoms with Crippen molar-refractivity contribution in [3.05, 3.63) is 35.4 Å². The summed E-state index contributed by atoms with van der Waals surface area (Å²) in [5.74, 6) is 0. The van der Waals surface area contributed by atoms with Crippen molar-refractivity contribution in [3.8, 4) is 0 Å². The summed E-state index contributed by atoms with van der Waals surface area (Å²) >= 11 is 0. The van der Waals surface area contributed by atoms with Crippen LogP contribution in [-0.4, -0.2) is 43.3 Å². The molecule has 3 nitrogen and oxygen atoms in total. The Morgan fingerprint density at radius 3 is 2.57 bits per heavy atom. The third kappa shape index (κ3) is 5.42. The van der Waals surface area contributed by atoms with Gasteiger partial charge in [-0.05, 0) is 50.9 Å². The minimum Gasteiger partial charge on any atom is -0.376 e. The fourth-order valence-electron chi connectivity index (χ4n) is 2.77. The minimum atomic E-state index is 0.352. The van der Waals surface area contributed by atoms with Crippen LogP contribution in [0.25, 0.3) is 0 Å². The normalized spacial score (nSPS) is 23.4. The maximum absolute atomic E-state index is 5.69. The van der Waals surface area contributed by atoms with E-state index in [0.717, 1.165) is 39.2 Å². The van der Waals surface area contributed by atoms with Crippen molar-refractivity contribution in [1.82, 2.24) is 10.2 Å². The zero-order valence-corrected chi connectivity index (χ0v) is 13.8. The fraction of sp³-hybridized carbons (Fsp3) is 0.667. The van der Waals surface area contributed by atoms with Crippen LogP contribution in [0, 0.1) is 0 Å². The molecule has 0 aromatic heterocycles. The summed E-state index contributed by atoms with van der Waals surface area (Å²) in [5.41, 5.74) is 2.83. The van der Waals surface area contributed by atoms with Crippen molar-refractivity contribution in [2.45, 2.75) is 52.3 Å². The molecule has 0 spiro atoms. The summed E-state index contributed by atoms with van der Waals surface area (Å²) < 4.78 is 5.69. The highest BCUT2D eigenvalue weighted by Crippen LogP contribution is 2.15. The molecule has 0 bridgehead atoms. The van der Waals surface area contributed by atoms with Crippen molar-refractivity contribution in [2.75, 3.05) is 26.2 Å². The molecule has 1 saturated heterocycles. The highest BCUT2D eigenvalue weighted by molar-refractivity contribution is 5.23. The van der Waals surface area contributed by atoms with Gasteiger partial charge in [0.25, 0.3) is 0 Å². The number of ether oxygens (including phenoxy) is 1. The SMILES string of the molecule is CCCNCCc1ccc(CN2CC(C)OCC2C)cc1. The van der Waals surface area contributed by atoms with Crippen LogP contribution < -0.4 is 5.32 Å². The van der Waals surface area contributed by atoms with Gasteiger partial charge in [-0.25, -0.2) is 0 Å². The highest BCUT2D eigenvalue weighted by Gasteiger charge is 2.23. The summed E-state index contributed by atoms with van der Waals surface area (Å²) in [6.45, 7) is 11.7. The Labute approximate surface area is 129 Å². The van der Waals surface area contributed by atoms with Crippen LogP contribution in [0.3, 0.4) is 0 Å². The van der Waals surface area contributed by atoms with Gasteiger partial charge < -0.3 is 10.1 Å². The lowest BCUT2D eigenvalue weighted by Gasteiger charge is -2.36. The van der Waals surface area contributed by atoms with Gasteiger partial charge >= 0.3 is 0 Å². The molecule has 1 aromatic rings. The van der Waals surface area contributed by atoms with E-state index in [1.54, 1.807) is 0 Å². The molecule has 1 aliphatic rings. The third-order valence-corrected chi connectivity index (χ3v) is 4.16. The van der Waals surface area contributed by atoms with E-state index in [1.807, 2.05) is 0 Å².